The summed E-state index contributed by atoms with van der Waals surface area (Å²) in [5, 5.41) is 12.8. The van der Waals surface area contributed by atoms with Crippen molar-refractivity contribution >= 4 is 22.6 Å². The number of carbonyl (C=O) groups excluding carboxylic acids is 1. The van der Waals surface area contributed by atoms with E-state index in [4.69, 9.17) is 5.11 Å². The minimum absolute atomic E-state index is 0.0891. The third-order valence-corrected chi connectivity index (χ3v) is 3.11. The third kappa shape index (κ3) is 3.58. The number of anilines is 1. The molecule has 0 radical (unpaired) electrons. The van der Waals surface area contributed by atoms with Gasteiger partial charge in [0.2, 0.25) is 0 Å². The van der Waals surface area contributed by atoms with E-state index in [2.05, 4.69) is 16.9 Å². The summed E-state index contributed by atoms with van der Waals surface area (Å²) in [6, 6.07) is 9.27. The molecule has 0 unspecified atom stereocenters. The first-order valence-electron chi connectivity index (χ1n) is 6.79. The molecule has 2 rings (SSSR count). The van der Waals surface area contributed by atoms with Gasteiger partial charge in [-0.3, -0.25) is 4.98 Å². The van der Waals surface area contributed by atoms with E-state index in [1.165, 1.54) is 4.90 Å². The van der Waals surface area contributed by atoms with Crippen LogP contribution in [0.2, 0.25) is 0 Å². The summed E-state index contributed by atoms with van der Waals surface area (Å²) in [4.78, 5) is 18.2. The molecule has 2 aromatic rings. The largest absolute Gasteiger partial charge is 0.395 e. The summed E-state index contributed by atoms with van der Waals surface area (Å²) < 4.78 is 0. The Labute approximate surface area is 123 Å². The maximum Gasteiger partial charge on any atom is 0.322 e. The highest BCUT2D eigenvalue weighted by atomic mass is 16.3. The van der Waals surface area contributed by atoms with Gasteiger partial charge in [0.15, 0.2) is 0 Å². The average molecular weight is 285 g/mol. The van der Waals surface area contributed by atoms with E-state index in [1.807, 2.05) is 37.3 Å². The highest BCUT2D eigenvalue weighted by Gasteiger charge is 2.13. The molecule has 2 amide bonds. The predicted molar refractivity (Wildman–Crippen MR) is 84.4 cm³/mol. The van der Waals surface area contributed by atoms with Gasteiger partial charge in [-0.25, -0.2) is 4.79 Å². The van der Waals surface area contributed by atoms with Crippen molar-refractivity contribution in [1.82, 2.24) is 9.88 Å². The summed E-state index contributed by atoms with van der Waals surface area (Å²) >= 11 is 0. The summed E-state index contributed by atoms with van der Waals surface area (Å²) in [6.45, 7) is 6.08. The lowest BCUT2D eigenvalue weighted by Gasteiger charge is -2.20. The number of aliphatic hydroxyl groups is 1. The average Bonchev–Trinajstić information content (AvgIpc) is 2.47. The molecular formula is C16H19N3O2. The maximum absolute atomic E-state index is 12.2. The maximum atomic E-state index is 12.2. The van der Waals surface area contributed by atoms with Crippen molar-refractivity contribution in [1.29, 1.82) is 0 Å². The minimum Gasteiger partial charge on any atom is -0.395 e. The van der Waals surface area contributed by atoms with Crippen molar-refractivity contribution in [2.24, 2.45) is 0 Å². The standard InChI is InChI=1S/C16H19N3O2/c1-3-9-19(10-11-20)16(21)18-14-6-4-5-13-8-7-12(2)17-15(13)14/h3-8,20H,1,9-11H2,2H3,(H,18,21). The van der Waals surface area contributed by atoms with E-state index in [-0.39, 0.29) is 19.2 Å². The Hall–Kier alpha value is -2.40. The second-order valence-corrected chi connectivity index (χ2v) is 4.72. The van der Waals surface area contributed by atoms with Crippen molar-refractivity contribution in [2.75, 3.05) is 25.0 Å². The van der Waals surface area contributed by atoms with Crippen molar-refractivity contribution in [3.63, 3.8) is 0 Å². The molecule has 0 aliphatic rings. The lowest BCUT2D eigenvalue weighted by atomic mass is 10.2. The fourth-order valence-corrected chi connectivity index (χ4v) is 2.09. The first-order valence-corrected chi connectivity index (χ1v) is 6.79. The van der Waals surface area contributed by atoms with Gasteiger partial charge in [-0.15, -0.1) is 6.58 Å². The van der Waals surface area contributed by atoms with Gasteiger partial charge < -0.3 is 15.3 Å². The SMILES string of the molecule is C=CCN(CCO)C(=O)Nc1cccc2ccc(C)nc12. The molecular weight excluding hydrogens is 266 g/mol. The van der Waals surface area contributed by atoms with Crippen LogP contribution in [0.3, 0.4) is 0 Å². The number of aryl methyl sites for hydroxylation is 1. The van der Waals surface area contributed by atoms with Gasteiger partial charge in [-0.2, -0.15) is 0 Å². The molecule has 1 aromatic heterocycles. The Morgan fingerprint density at radius 2 is 2.24 bits per heavy atom. The van der Waals surface area contributed by atoms with E-state index < -0.39 is 0 Å². The number of fused-ring (bicyclic) bond motifs is 1. The van der Waals surface area contributed by atoms with Crippen LogP contribution >= 0.6 is 0 Å². The third-order valence-electron chi connectivity index (χ3n) is 3.11. The van der Waals surface area contributed by atoms with E-state index >= 15 is 0 Å². The number of aliphatic hydroxyl groups excluding tert-OH is 1. The molecule has 5 nitrogen and oxygen atoms in total. The molecule has 110 valence electrons. The predicted octanol–water partition coefficient (Wildman–Crippen LogP) is 2.56. The molecule has 2 N–H and O–H groups in total. The Balaban J connectivity index is 2.28. The smallest absolute Gasteiger partial charge is 0.322 e. The van der Waals surface area contributed by atoms with E-state index in [0.29, 0.717) is 12.2 Å². The van der Waals surface area contributed by atoms with Crippen LogP contribution in [0, 0.1) is 6.92 Å². The molecule has 0 aliphatic carbocycles. The molecule has 1 heterocycles. The Bertz CT molecular complexity index is 655. The number of hydrogen-bond acceptors (Lipinski definition) is 3. The summed E-state index contributed by atoms with van der Waals surface area (Å²) in [7, 11) is 0. The number of nitrogens with zero attached hydrogens (tertiary/aromatic N) is 2. The number of carbonyl (C=O) groups is 1. The van der Waals surface area contributed by atoms with Crippen LogP contribution in [0.1, 0.15) is 5.69 Å². The molecule has 0 saturated carbocycles. The first kappa shape index (κ1) is 15.0. The van der Waals surface area contributed by atoms with Crippen LogP contribution in [0.25, 0.3) is 10.9 Å². The number of urea groups is 1. The summed E-state index contributed by atoms with van der Waals surface area (Å²) in [5.74, 6) is 0. The normalized spacial score (nSPS) is 10.4. The van der Waals surface area contributed by atoms with E-state index in [0.717, 1.165) is 16.6 Å². The molecule has 0 fully saturated rings. The molecule has 5 heteroatoms. The number of aromatic nitrogens is 1. The monoisotopic (exact) mass is 285 g/mol. The number of nitrogens with one attached hydrogen (secondary N) is 1. The number of benzene rings is 1. The number of hydrogen-bond donors (Lipinski definition) is 2. The molecule has 0 bridgehead atoms. The van der Waals surface area contributed by atoms with Crippen LogP contribution < -0.4 is 5.32 Å². The Kier molecular flexibility index (Phi) is 4.90. The van der Waals surface area contributed by atoms with Crippen molar-refractivity contribution < 1.29 is 9.90 Å². The number of amides is 2. The van der Waals surface area contributed by atoms with Gasteiger partial charge in [0, 0.05) is 24.2 Å². The van der Waals surface area contributed by atoms with Gasteiger partial charge in [0.05, 0.1) is 17.8 Å². The van der Waals surface area contributed by atoms with Crippen LogP contribution in [-0.2, 0) is 0 Å². The second-order valence-electron chi connectivity index (χ2n) is 4.72. The highest BCUT2D eigenvalue weighted by Crippen LogP contribution is 2.22. The molecule has 21 heavy (non-hydrogen) atoms. The van der Waals surface area contributed by atoms with Gasteiger partial charge in [0.1, 0.15) is 0 Å². The fraction of sp³-hybridized carbons (Fsp3) is 0.250. The van der Waals surface area contributed by atoms with Gasteiger partial charge >= 0.3 is 6.03 Å². The van der Waals surface area contributed by atoms with Gasteiger partial charge in [-0.1, -0.05) is 24.3 Å². The molecule has 0 aliphatic heterocycles. The molecule has 0 atom stereocenters. The topological polar surface area (TPSA) is 65.5 Å². The number of pyridine rings is 1. The van der Waals surface area contributed by atoms with Gasteiger partial charge in [0.25, 0.3) is 0 Å². The number of para-hydroxylation sites is 1. The quantitative estimate of drug-likeness (QED) is 0.830. The molecule has 0 saturated heterocycles. The van der Waals surface area contributed by atoms with E-state index in [9.17, 15) is 4.79 Å². The minimum atomic E-state index is -0.278. The zero-order valence-electron chi connectivity index (χ0n) is 12.0. The second kappa shape index (κ2) is 6.85. The first-order chi connectivity index (χ1) is 10.2. The Morgan fingerprint density at radius 1 is 1.43 bits per heavy atom. The highest BCUT2D eigenvalue weighted by molar-refractivity contribution is 5.99. The molecule has 1 aromatic carbocycles. The lowest BCUT2D eigenvalue weighted by Crippen LogP contribution is -2.37. The zero-order chi connectivity index (χ0) is 15.2. The number of rotatable bonds is 5. The van der Waals surface area contributed by atoms with Crippen molar-refractivity contribution in [2.45, 2.75) is 6.92 Å². The zero-order valence-corrected chi connectivity index (χ0v) is 12.0. The van der Waals surface area contributed by atoms with Crippen LogP contribution in [0.4, 0.5) is 10.5 Å². The lowest BCUT2D eigenvalue weighted by molar-refractivity contribution is 0.195. The van der Waals surface area contributed by atoms with Crippen molar-refractivity contribution in [3.8, 4) is 0 Å². The van der Waals surface area contributed by atoms with Crippen LogP contribution in [0.5, 0.6) is 0 Å². The molecule has 0 spiro atoms. The van der Waals surface area contributed by atoms with Crippen LogP contribution in [0.15, 0.2) is 43.0 Å². The van der Waals surface area contributed by atoms with E-state index in [1.54, 1.807) is 6.08 Å². The fourth-order valence-electron chi connectivity index (χ4n) is 2.09. The summed E-state index contributed by atoms with van der Waals surface area (Å²) in [5.41, 5.74) is 2.31. The van der Waals surface area contributed by atoms with Crippen LogP contribution in [-0.4, -0.2) is 40.7 Å². The van der Waals surface area contributed by atoms with Gasteiger partial charge in [-0.05, 0) is 19.1 Å². The van der Waals surface area contributed by atoms with Crippen molar-refractivity contribution in [3.05, 3.63) is 48.7 Å². The summed E-state index contributed by atoms with van der Waals surface area (Å²) in [6.07, 6.45) is 1.63. The Morgan fingerprint density at radius 3 is 2.95 bits per heavy atom.